The molecule has 0 atom stereocenters. The van der Waals surface area contributed by atoms with Crippen LogP contribution in [-0.4, -0.2) is 24.6 Å². The number of rotatable bonds is 1. The van der Waals surface area contributed by atoms with Gasteiger partial charge in [-0.3, -0.25) is 4.79 Å². The first kappa shape index (κ1) is 14.1. The molecule has 1 aliphatic heterocycles. The van der Waals surface area contributed by atoms with Gasteiger partial charge in [-0.05, 0) is 41.6 Å². The quantitative estimate of drug-likeness (QED) is 0.779. The molecule has 2 aliphatic rings. The first-order chi connectivity index (χ1) is 9.57. The van der Waals surface area contributed by atoms with E-state index in [-0.39, 0.29) is 17.3 Å². The third kappa shape index (κ3) is 2.11. The van der Waals surface area contributed by atoms with Crippen LogP contribution in [0, 0.1) is 5.92 Å². The topological polar surface area (TPSA) is 51.2 Å². The van der Waals surface area contributed by atoms with Crippen molar-refractivity contribution in [3.05, 3.63) is 21.3 Å². The smallest absolute Gasteiger partial charge is 0.308 e. The molecule has 4 nitrogen and oxygen atoms in total. The lowest BCUT2D eigenvalue weighted by atomic mass is 9.68. The Morgan fingerprint density at radius 2 is 2.25 bits per heavy atom. The van der Waals surface area contributed by atoms with E-state index in [1.54, 1.807) is 6.20 Å². The summed E-state index contributed by atoms with van der Waals surface area (Å²) >= 11 is 9.92. The van der Waals surface area contributed by atoms with Crippen molar-refractivity contribution in [3.8, 4) is 0 Å². The van der Waals surface area contributed by atoms with E-state index in [1.165, 1.54) is 7.11 Å². The summed E-state index contributed by atoms with van der Waals surface area (Å²) in [5, 5.41) is 4.10. The minimum Gasteiger partial charge on any atom is -0.469 e. The Hall–Kier alpha value is -0.810. The highest BCUT2D eigenvalue weighted by molar-refractivity contribution is 9.10. The van der Waals surface area contributed by atoms with Crippen molar-refractivity contribution in [2.75, 3.05) is 19.0 Å². The first-order valence-electron chi connectivity index (χ1n) is 6.73. The molecule has 20 heavy (non-hydrogen) atoms. The number of methoxy groups -OCH3 is 1. The highest BCUT2D eigenvalue weighted by Crippen LogP contribution is 2.51. The highest BCUT2D eigenvalue weighted by atomic mass is 79.9. The minimum atomic E-state index is -0.0931. The summed E-state index contributed by atoms with van der Waals surface area (Å²) in [4.78, 5) is 16.1. The van der Waals surface area contributed by atoms with Crippen LogP contribution in [0.15, 0.2) is 10.7 Å². The van der Waals surface area contributed by atoms with Gasteiger partial charge in [0.15, 0.2) is 0 Å². The molecule has 3 rings (SSSR count). The maximum atomic E-state index is 11.7. The van der Waals surface area contributed by atoms with Crippen LogP contribution in [0.5, 0.6) is 0 Å². The van der Waals surface area contributed by atoms with E-state index in [1.807, 2.05) is 0 Å². The summed E-state index contributed by atoms with van der Waals surface area (Å²) in [6.07, 6.45) is 5.29. The van der Waals surface area contributed by atoms with Gasteiger partial charge in [-0.2, -0.15) is 0 Å². The summed E-state index contributed by atoms with van der Waals surface area (Å²) in [6.45, 7) is 0.847. The maximum absolute atomic E-state index is 11.7. The number of nitrogens with one attached hydrogen (secondary N) is 1. The van der Waals surface area contributed by atoms with Crippen molar-refractivity contribution in [1.82, 2.24) is 4.98 Å². The Balaban J connectivity index is 1.88. The second kappa shape index (κ2) is 5.19. The fourth-order valence-corrected chi connectivity index (χ4v) is 4.06. The predicted octanol–water partition coefficient (Wildman–Crippen LogP) is 3.52. The van der Waals surface area contributed by atoms with Gasteiger partial charge in [0.2, 0.25) is 0 Å². The van der Waals surface area contributed by atoms with Gasteiger partial charge in [0.05, 0.1) is 22.5 Å². The fourth-order valence-electron chi connectivity index (χ4n) is 3.42. The zero-order chi connectivity index (χ0) is 14.3. The van der Waals surface area contributed by atoms with Crippen molar-refractivity contribution in [1.29, 1.82) is 0 Å². The Morgan fingerprint density at radius 1 is 1.55 bits per heavy atom. The Labute approximate surface area is 131 Å². The van der Waals surface area contributed by atoms with E-state index < -0.39 is 0 Å². The van der Waals surface area contributed by atoms with Gasteiger partial charge in [-0.15, -0.1) is 0 Å². The summed E-state index contributed by atoms with van der Waals surface area (Å²) in [5.74, 6) is 0.813. The summed E-state index contributed by atoms with van der Waals surface area (Å²) in [6, 6.07) is 0. The van der Waals surface area contributed by atoms with Crippen LogP contribution in [0.4, 0.5) is 5.82 Å². The average Bonchev–Trinajstić information content (AvgIpc) is 2.82. The van der Waals surface area contributed by atoms with Gasteiger partial charge in [0, 0.05) is 23.7 Å². The molecule has 108 valence electrons. The van der Waals surface area contributed by atoms with Gasteiger partial charge in [-0.25, -0.2) is 4.98 Å². The third-order valence-corrected chi connectivity index (χ3v) is 5.80. The summed E-state index contributed by atoms with van der Waals surface area (Å²) < 4.78 is 5.68. The largest absolute Gasteiger partial charge is 0.469 e. The van der Waals surface area contributed by atoms with Gasteiger partial charge in [0.25, 0.3) is 0 Å². The molecule has 6 heteroatoms. The number of fused-ring (bicyclic) bond motifs is 2. The molecule has 1 aromatic heterocycles. The van der Waals surface area contributed by atoms with Gasteiger partial charge >= 0.3 is 5.97 Å². The molecule has 1 spiro atoms. The molecule has 1 aliphatic carbocycles. The average molecular weight is 360 g/mol. The molecule has 0 amide bonds. The minimum absolute atomic E-state index is 0.00766. The standard InChI is InChI=1S/C14H16BrClN2O2/c1-20-13(19)8-2-4-14(5-3-8)7-18-12-10(14)11(16)9(15)6-17-12/h6,8H,2-5,7H2,1H3,(H,17,18)/t8-,14-. The molecule has 0 saturated heterocycles. The number of aromatic nitrogens is 1. The van der Waals surface area contributed by atoms with Gasteiger partial charge < -0.3 is 10.1 Å². The number of carbonyl (C=O) groups excluding carboxylic acids is 1. The molecule has 0 radical (unpaired) electrons. The zero-order valence-corrected chi connectivity index (χ0v) is 13.6. The predicted molar refractivity (Wildman–Crippen MR) is 81.1 cm³/mol. The summed E-state index contributed by atoms with van der Waals surface area (Å²) in [7, 11) is 1.46. The fraction of sp³-hybridized carbons (Fsp3) is 0.571. The van der Waals surface area contributed by atoms with E-state index in [0.717, 1.165) is 53.1 Å². The second-order valence-corrected chi connectivity index (χ2v) is 6.81. The van der Waals surface area contributed by atoms with Crippen molar-refractivity contribution in [2.24, 2.45) is 5.92 Å². The molecule has 1 saturated carbocycles. The van der Waals surface area contributed by atoms with Crippen molar-refractivity contribution in [2.45, 2.75) is 31.1 Å². The number of halogens is 2. The number of ether oxygens (including phenoxy) is 1. The number of esters is 1. The number of nitrogens with zero attached hydrogens (tertiary/aromatic N) is 1. The zero-order valence-electron chi connectivity index (χ0n) is 11.2. The van der Waals surface area contributed by atoms with Gasteiger partial charge in [-0.1, -0.05) is 11.6 Å². The van der Waals surface area contributed by atoms with E-state index in [4.69, 9.17) is 16.3 Å². The van der Waals surface area contributed by atoms with Crippen LogP contribution in [0.25, 0.3) is 0 Å². The lowest BCUT2D eigenvalue weighted by Gasteiger charge is -2.36. The SMILES string of the molecule is COC(=O)[C@H]1CC[C@]2(CC1)CNc1ncc(Br)c(Cl)c12. The number of hydrogen-bond donors (Lipinski definition) is 1. The Kier molecular flexibility index (Phi) is 3.67. The van der Waals surface area contributed by atoms with Crippen molar-refractivity contribution >= 4 is 39.3 Å². The molecule has 0 unspecified atom stereocenters. The Bertz CT molecular complexity index is 556. The number of anilines is 1. The molecular weight excluding hydrogens is 344 g/mol. The van der Waals surface area contributed by atoms with Crippen molar-refractivity contribution < 1.29 is 9.53 Å². The van der Waals surface area contributed by atoms with Crippen LogP contribution >= 0.6 is 27.5 Å². The summed E-state index contributed by atoms with van der Waals surface area (Å²) in [5.41, 5.74) is 1.12. The molecule has 0 bridgehead atoms. The maximum Gasteiger partial charge on any atom is 0.308 e. The van der Waals surface area contributed by atoms with Crippen LogP contribution < -0.4 is 5.32 Å². The monoisotopic (exact) mass is 358 g/mol. The molecule has 0 aromatic carbocycles. The molecule has 1 aromatic rings. The van der Waals surface area contributed by atoms with Crippen LogP contribution in [-0.2, 0) is 14.9 Å². The second-order valence-electron chi connectivity index (χ2n) is 5.58. The molecular formula is C14H16BrClN2O2. The third-order valence-electron chi connectivity index (χ3n) is 4.57. The molecule has 2 heterocycles. The lowest BCUT2D eigenvalue weighted by Crippen LogP contribution is -2.36. The van der Waals surface area contributed by atoms with E-state index in [2.05, 4.69) is 26.2 Å². The normalized spacial score (nSPS) is 28.1. The number of carbonyl (C=O) groups is 1. The van der Waals surface area contributed by atoms with Gasteiger partial charge in [0.1, 0.15) is 5.82 Å². The number of hydrogen-bond acceptors (Lipinski definition) is 4. The van der Waals surface area contributed by atoms with Crippen molar-refractivity contribution in [3.63, 3.8) is 0 Å². The number of pyridine rings is 1. The van der Waals surface area contributed by atoms with E-state index in [0.29, 0.717) is 0 Å². The van der Waals surface area contributed by atoms with Crippen LogP contribution in [0.1, 0.15) is 31.2 Å². The highest BCUT2D eigenvalue weighted by Gasteiger charge is 2.45. The van der Waals surface area contributed by atoms with Crippen LogP contribution in [0.2, 0.25) is 5.02 Å². The Morgan fingerprint density at radius 3 is 2.90 bits per heavy atom. The van der Waals surface area contributed by atoms with E-state index >= 15 is 0 Å². The van der Waals surface area contributed by atoms with Crippen LogP contribution in [0.3, 0.4) is 0 Å². The molecule has 1 fully saturated rings. The van der Waals surface area contributed by atoms with E-state index in [9.17, 15) is 4.79 Å². The lowest BCUT2D eigenvalue weighted by molar-refractivity contribution is -0.146. The molecule has 1 N–H and O–H groups in total. The first-order valence-corrected chi connectivity index (χ1v) is 7.91.